The van der Waals surface area contributed by atoms with Gasteiger partial charge in [0.2, 0.25) is 16.1 Å². The largest absolute Gasteiger partial charge is 0.482 e. The summed E-state index contributed by atoms with van der Waals surface area (Å²) < 4.78 is 38.7. The van der Waals surface area contributed by atoms with Crippen LogP contribution in [-0.4, -0.2) is 43.9 Å². The highest BCUT2D eigenvalue weighted by atomic mass is 35.5. The van der Waals surface area contributed by atoms with Crippen molar-refractivity contribution in [2.24, 2.45) is 0 Å². The maximum Gasteiger partial charge on any atom is 0.269 e. The Balaban J connectivity index is 1.55. The van der Waals surface area contributed by atoms with Crippen LogP contribution in [0.1, 0.15) is 19.8 Å². The molecule has 29 heavy (non-hydrogen) atoms. The van der Waals surface area contributed by atoms with Gasteiger partial charge < -0.3 is 14.8 Å². The van der Waals surface area contributed by atoms with E-state index in [9.17, 15) is 13.2 Å². The zero-order valence-corrected chi connectivity index (χ0v) is 17.4. The molecule has 0 spiro atoms. The molecule has 1 saturated heterocycles. The second-order valence-electron chi connectivity index (χ2n) is 7.05. The van der Waals surface area contributed by atoms with Gasteiger partial charge in [0.15, 0.2) is 11.5 Å². The summed E-state index contributed by atoms with van der Waals surface area (Å²) in [6.07, 6.45) is 0.265. The van der Waals surface area contributed by atoms with Crippen molar-refractivity contribution >= 4 is 33.2 Å². The molecule has 2 aromatic rings. The molecular weight excluding hydrogens is 416 g/mol. The first-order chi connectivity index (χ1) is 13.9. The van der Waals surface area contributed by atoms with Gasteiger partial charge in [-0.25, -0.2) is 8.42 Å². The smallest absolute Gasteiger partial charge is 0.269 e. The van der Waals surface area contributed by atoms with Gasteiger partial charge in [-0.3, -0.25) is 4.79 Å². The summed E-state index contributed by atoms with van der Waals surface area (Å²) in [5, 5.41) is 2.84. The molecule has 0 saturated carbocycles. The molecule has 2 aliphatic rings. The fourth-order valence-electron chi connectivity index (χ4n) is 3.47. The number of rotatable bonds is 4. The minimum atomic E-state index is -3.71. The number of carbonyl (C=O) groups is 1. The first-order valence-electron chi connectivity index (χ1n) is 9.39. The second-order valence-corrected chi connectivity index (χ2v) is 9.37. The van der Waals surface area contributed by atoms with Crippen LogP contribution in [0.3, 0.4) is 0 Å². The third kappa shape index (κ3) is 3.92. The van der Waals surface area contributed by atoms with Crippen LogP contribution in [0, 0.1) is 0 Å². The van der Waals surface area contributed by atoms with Gasteiger partial charge in [0.05, 0.1) is 5.02 Å². The first kappa shape index (κ1) is 20.0. The third-order valence-corrected chi connectivity index (χ3v) is 7.36. The van der Waals surface area contributed by atoms with Crippen molar-refractivity contribution in [3.05, 3.63) is 47.5 Å². The van der Waals surface area contributed by atoms with Crippen LogP contribution in [0.2, 0.25) is 5.02 Å². The van der Waals surface area contributed by atoms with E-state index in [1.165, 1.54) is 16.4 Å². The van der Waals surface area contributed by atoms with E-state index in [4.69, 9.17) is 21.1 Å². The van der Waals surface area contributed by atoms with E-state index in [1.807, 2.05) is 6.07 Å². The molecule has 0 radical (unpaired) electrons. The number of nitrogens with zero attached hydrogens (tertiary/aromatic N) is 1. The third-order valence-electron chi connectivity index (χ3n) is 4.98. The Labute approximate surface area is 174 Å². The maximum absolute atomic E-state index is 12.9. The lowest BCUT2D eigenvalue weighted by atomic mass is 10.1. The van der Waals surface area contributed by atoms with Crippen molar-refractivity contribution in [2.45, 2.75) is 36.9 Å². The number of para-hydroxylation sites is 2. The van der Waals surface area contributed by atoms with E-state index in [2.05, 4.69) is 5.32 Å². The average molecular weight is 437 g/mol. The highest BCUT2D eigenvalue weighted by Crippen LogP contribution is 2.34. The number of hydrogen-bond acceptors (Lipinski definition) is 5. The molecule has 154 valence electrons. The monoisotopic (exact) mass is 436 g/mol. The van der Waals surface area contributed by atoms with Gasteiger partial charge in [-0.2, -0.15) is 4.31 Å². The van der Waals surface area contributed by atoms with Crippen LogP contribution < -0.4 is 14.8 Å². The summed E-state index contributed by atoms with van der Waals surface area (Å²) in [5.41, 5.74) is 0.326. The number of sulfonamides is 1. The van der Waals surface area contributed by atoms with Gasteiger partial charge in [0, 0.05) is 18.8 Å². The Morgan fingerprint density at radius 1 is 1.10 bits per heavy atom. The molecule has 4 rings (SSSR count). The predicted octanol–water partition coefficient (Wildman–Crippen LogP) is 3.29. The molecule has 2 atom stereocenters. The lowest BCUT2D eigenvalue weighted by molar-refractivity contribution is -0.128. The lowest BCUT2D eigenvalue weighted by Crippen LogP contribution is -2.46. The maximum atomic E-state index is 12.9. The molecule has 2 unspecified atom stereocenters. The van der Waals surface area contributed by atoms with E-state index in [0.29, 0.717) is 30.3 Å². The number of benzene rings is 2. The van der Waals surface area contributed by atoms with Gasteiger partial charge in [-0.1, -0.05) is 23.7 Å². The summed E-state index contributed by atoms with van der Waals surface area (Å²) in [7, 11) is -3.71. The van der Waals surface area contributed by atoms with Crippen molar-refractivity contribution in [3.8, 4) is 11.5 Å². The number of ether oxygens (including phenoxy) is 2. The number of halogens is 1. The zero-order chi connectivity index (χ0) is 20.6. The standard InChI is InChI=1S/C20H21ClN2O5S/c1-13-19(28-17-7-3-2-6-16(17)27-13)20(24)22-14-8-9-15(21)18(12-14)29(25,26)23-10-4-5-11-23/h2-3,6-9,12-13,19H,4-5,10-11H2,1H3,(H,22,24). The van der Waals surface area contributed by atoms with E-state index in [0.717, 1.165) is 12.8 Å². The summed E-state index contributed by atoms with van der Waals surface area (Å²) in [4.78, 5) is 12.8. The second kappa shape index (κ2) is 7.85. The van der Waals surface area contributed by atoms with E-state index < -0.39 is 28.1 Å². The Bertz CT molecular complexity index is 1040. The number of nitrogens with one attached hydrogen (secondary N) is 1. The van der Waals surface area contributed by atoms with Gasteiger partial charge in [-0.05, 0) is 50.1 Å². The summed E-state index contributed by atoms with van der Waals surface area (Å²) >= 11 is 6.16. The van der Waals surface area contributed by atoms with Crippen LogP contribution in [0.15, 0.2) is 47.4 Å². The fraction of sp³-hybridized carbons (Fsp3) is 0.350. The normalized spacial score (nSPS) is 21.7. The highest BCUT2D eigenvalue weighted by Gasteiger charge is 2.35. The van der Waals surface area contributed by atoms with Gasteiger partial charge >= 0.3 is 0 Å². The van der Waals surface area contributed by atoms with Gasteiger partial charge in [0.25, 0.3) is 5.91 Å². The molecule has 0 bridgehead atoms. The van der Waals surface area contributed by atoms with Gasteiger partial charge in [-0.15, -0.1) is 0 Å². The van der Waals surface area contributed by atoms with Crippen LogP contribution in [0.5, 0.6) is 11.5 Å². The van der Waals surface area contributed by atoms with Crippen LogP contribution in [0.25, 0.3) is 0 Å². The Kier molecular flexibility index (Phi) is 5.42. The van der Waals surface area contributed by atoms with Crippen molar-refractivity contribution in [1.29, 1.82) is 0 Å². The first-order valence-corrected chi connectivity index (χ1v) is 11.2. The van der Waals surface area contributed by atoms with E-state index in [-0.39, 0.29) is 9.92 Å². The molecular formula is C20H21ClN2O5S. The Morgan fingerprint density at radius 3 is 2.45 bits per heavy atom. The molecule has 2 aromatic carbocycles. The van der Waals surface area contributed by atoms with Crippen molar-refractivity contribution < 1.29 is 22.7 Å². The molecule has 1 fully saturated rings. The molecule has 2 aliphatic heterocycles. The average Bonchev–Trinajstić information content (AvgIpc) is 3.24. The Morgan fingerprint density at radius 2 is 1.76 bits per heavy atom. The van der Waals surface area contributed by atoms with Gasteiger partial charge in [0.1, 0.15) is 11.0 Å². The lowest BCUT2D eigenvalue weighted by Gasteiger charge is -2.31. The SMILES string of the molecule is CC1Oc2ccccc2OC1C(=O)Nc1ccc(Cl)c(S(=O)(=O)N2CCCC2)c1. The number of anilines is 1. The number of amides is 1. The van der Waals surface area contributed by atoms with E-state index in [1.54, 1.807) is 31.2 Å². The summed E-state index contributed by atoms with van der Waals surface area (Å²) in [6, 6.07) is 11.5. The van der Waals surface area contributed by atoms with Crippen molar-refractivity contribution in [1.82, 2.24) is 4.31 Å². The van der Waals surface area contributed by atoms with Crippen LogP contribution in [-0.2, 0) is 14.8 Å². The number of hydrogen-bond donors (Lipinski definition) is 1. The number of fused-ring (bicyclic) bond motifs is 1. The molecule has 1 amide bonds. The van der Waals surface area contributed by atoms with Crippen LogP contribution in [0.4, 0.5) is 5.69 Å². The molecule has 2 heterocycles. The molecule has 1 N–H and O–H groups in total. The van der Waals surface area contributed by atoms with E-state index >= 15 is 0 Å². The molecule has 7 nitrogen and oxygen atoms in total. The Hall–Kier alpha value is -2.29. The predicted molar refractivity (Wildman–Crippen MR) is 109 cm³/mol. The van der Waals surface area contributed by atoms with Crippen molar-refractivity contribution in [3.63, 3.8) is 0 Å². The minimum Gasteiger partial charge on any atom is -0.482 e. The molecule has 0 aromatic heterocycles. The minimum absolute atomic E-state index is 0.0157. The quantitative estimate of drug-likeness (QED) is 0.794. The highest BCUT2D eigenvalue weighted by molar-refractivity contribution is 7.89. The zero-order valence-electron chi connectivity index (χ0n) is 15.8. The van der Waals surface area contributed by atoms with Crippen LogP contribution >= 0.6 is 11.6 Å². The van der Waals surface area contributed by atoms with Crippen molar-refractivity contribution in [2.75, 3.05) is 18.4 Å². The number of carbonyl (C=O) groups excluding carboxylic acids is 1. The molecule has 0 aliphatic carbocycles. The summed E-state index contributed by atoms with van der Waals surface area (Å²) in [6.45, 7) is 2.68. The fourth-order valence-corrected chi connectivity index (χ4v) is 5.48. The molecule has 9 heteroatoms. The summed E-state index contributed by atoms with van der Waals surface area (Å²) in [5.74, 6) is 0.632. The topological polar surface area (TPSA) is 84.9 Å².